The number of benzene rings is 3. The lowest BCUT2D eigenvalue weighted by molar-refractivity contribution is -0.148. The average Bonchev–Trinajstić information content (AvgIpc) is 3.27. The number of carbonyl (C=O) groups excluding carboxylic acids is 2. The number of halogens is 2. The molecule has 3 aromatic carbocycles. The molecule has 0 unspecified atom stereocenters. The molecule has 0 amide bonds. The van der Waals surface area contributed by atoms with Crippen LogP contribution in [0.5, 0.6) is 0 Å². The second kappa shape index (κ2) is 9.49. The van der Waals surface area contributed by atoms with Gasteiger partial charge in [0.15, 0.2) is 0 Å². The fraction of sp³-hybridized carbons (Fsp3) is 0.200. The number of ether oxygens (including phenoxy) is 1. The number of hydrogen-bond donors (Lipinski definition) is 0. The highest BCUT2D eigenvalue weighted by Gasteiger charge is 2.46. The SMILES string of the molecule is COC(=O)[C@@H]1Cc2c(n(C(=O)c3ccc(Cl)cc3)c3ccccc23)[C@@H]2C(c3ccccc3)=C(Cl)CCN12. The monoisotopic (exact) mass is 530 g/mol. The predicted molar refractivity (Wildman–Crippen MR) is 146 cm³/mol. The maximum absolute atomic E-state index is 14.1. The second-order valence-corrected chi connectivity index (χ2v) is 10.2. The van der Waals surface area contributed by atoms with Crippen LogP contribution in [-0.4, -0.2) is 41.0 Å². The number of rotatable bonds is 3. The molecule has 186 valence electrons. The Kier molecular flexibility index (Phi) is 6.15. The summed E-state index contributed by atoms with van der Waals surface area (Å²) in [7, 11) is 1.42. The normalized spacial score (nSPS) is 19.4. The van der Waals surface area contributed by atoms with Crippen molar-refractivity contribution in [2.75, 3.05) is 13.7 Å². The van der Waals surface area contributed by atoms with Crippen LogP contribution in [0, 0.1) is 0 Å². The van der Waals surface area contributed by atoms with E-state index in [1.165, 1.54) is 7.11 Å². The number of para-hydroxylation sites is 1. The van der Waals surface area contributed by atoms with Gasteiger partial charge in [-0.25, -0.2) is 0 Å². The smallest absolute Gasteiger partial charge is 0.323 e. The van der Waals surface area contributed by atoms with Crippen molar-refractivity contribution in [1.29, 1.82) is 0 Å². The Balaban J connectivity index is 1.67. The molecule has 0 saturated carbocycles. The van der Waals surface area contributed by atoms with Crippen molar-refractivity contribution < 1.29 is 14.3 Å². The van der Waals surface area contributed by atoms with Gasteiger partial charge < -0.3 is 4.74 Å². The number of hydrogen-bond acceptors (Lipinski definition) is 4. The maximum atomic E-state index is 14.1. The molecule has 6 rings (SSSR count). The van der Waals surface area contributed by atoms with Gasteiger partial charge in [-0.1, -0.05) is 71.7 Å². The first-order valence-corrected chi connectivity index (χ1v) is 12.9. The van der Waals surface area contributed by atoms with Gasteiger partial charge in [-0.15, -0.1) is 0 Å². The third-order valence-electron chi connectivity index (χ3n) is 7.42. The molecule has 2 atom stereocenters. The van der Waals surface area contributed by atoms with Crippen LogP contribution < -0.4 is 0 Å². The summed E-state index contributed by atoms with van der Waals surface area (Å²) < 4.78 is 7.06. The van der Waals surface area contributed by atoms with Gasteiger partial charge in [0, 0.05) is 34.0 Å². The number of aromatic nitrogens is 1. The summed E-state index contributed by atoms with van der Waals surface area (Å²) in [6.07, 6.45) is 1.05. The van der Waals surface area contributed by atoms with Crippen molar-refractivity contribution in [3.63, 3.8) is 0 Å². The fourth-order valence-corrected chi connectivity index (χ4v) is 6.22. The molecule has 2 aliphatic rings. The van der Waals surface area contributed by atoms with Crippen LogP contribution in [0.15, 0.2) is 83.9 Å². The highest BCUT2D eigenvalue weighted by molar-refractivity contribution is 6.33. The number of esters is 1. The molecule has 1 aromatic heterocycles. The van der Waals surface area contributed by atoms with Crippen molar-refractivity contribution >= 4 is 51.6 Å². The lowest BCUT2D eigenvalue weighted by Crippen LogP contribution is -2.51. The Bertz CT molecular complexity index is 1560. The van der Waals surface area contributed by atoms with E-state index in [1.807, 2.05) is 54.6 Å². The summed E-state index contributed by atoms with van der Waals surface area (Å²) in [5.74, 6) is -0.443. The third kappa shape index (κ3) is 3.89. The van der Waals surface area contributed by atoms with Crippen LogP contribution in [0.25, 0.3) is 16.5 Å². The predicted octanol–water partition coefficient (Wildman–Crippen LogP) is 6.48. The largest absolute Gasteiger partial charge is 0.468 e. The van der Waals surface area contributed by atoms with Crippen LogP contribution in [0.2, 0.25) is 5.02 Å². The molecular weight excluding hydrogens is 507 g/mol. The molecule has 5 nitrogen and oxygen atoms in total. The van der Waals surface area contributed by atoms with Gasteiger partial charge in [0.1, 0.15) is 6.04 Å². The maximum Gasteiger partial charge on any atom is 0.323 e. The Morgan fingerprint density at radius 1 is 0.919 bits per heavy atom. The van der Waals surface area contributed by atoms with Crippen LogP contribution >= 0.6 is 23.2 Å². The molecule has 3 heterocycles. The van der Waals surface area contributed by atoms with Gasteiger partial charge in [-0.3, -0.25) is 19.1 Å². The minimum absolute atomic E-state index is 0.153. The minimum Gasteiger partial charge on any atom is -0.468 e. The standard InChI is InChI=1S/C30H24Cl2N2O3/c1-37-30(36)25-17-22-21-9-5-6-10-24(21)34(29(35)19-11-13-20(31)14-12-19)27(22)28-26(18-7-3-2-4-8-18)23(32)15-16-33(25)28/h2-14,25,28H,15-17H2,1H3/t25-,28-/m0/s1. The van der Waals surface area contributed by atoms with E-state index < -0.39 is 12.1 Å². The van der Waals surface area contributed by atoms with Gasteiger partial charge in [-0.05, 0) is 53.5 Å². The average molecular weight is 531 g/mol. The lowest BCUT2D eigenvalue weighted by atomic mass is 9.82. The van der Waals surface area contributed by atoms with E-state index in [2.05, 4.69) is 4.90 Å². The zero-order valence-corrected chi connectivity index (χ0v) is 21.7. The molecule has 0 aliphatic carbocycles. The van der Waals surface area contributed by atoms with Gasteiger partial charge in [0.2, 0.25) is 0 Å². The summed E-state index contributed by atoms with van der Waals surface area (Å²) in [5.41, 5.74) is 5.02. The summed E-state index contributed by atoms with van der Waals surface area (Å²) in [5, 5.41) is 2.25. The minimum atomic E-state index is -0.490. The molecule has 37 heavy (non-hydrogen) atoms. The van der Waals surface area contributed by atoms with Crippen molar-refractivity contribution in [2.24, 2.45) is 0 Å². The number of fused-ring (bicyclic) bond motifs is 5. The molecular formula is C30H24Cl2N2O3. The number of methoxy groups -OCH3 is 1. The van der Waals surface area contributed by atoms with Crippen molar-refractivity contribution in [2.45, 2.75) is 24.9 Å². The Morgan fingerprint density at radius 2 is 1.62 bits per heavy atom. The highest BCUT2D eigenvalue weighted by Crippen LogP contribution is 2.50. The zero-order chi connectivity index (χ0) is 25.7. The Hall–Kier alpha value is -3.38. The van der Waals surface area contributed by atoms with E-state index in [9.17, 15) is 9.59 Å². The van der Waals surface area contributed by atoms with Crippen molar-refractivity contribution in [3.8, 4) is 0 Å². The highest BCUT2D eigenvalue weighted by atomic mass is 35.5. The zero-order valence-electron chi connectivity index (χ0n) is 20.2. The second-order valence-electron chi connectivity index (χ2n) is 9.35. The topological polar surface area (TPSA) is 51.5 Å². The van der Waals surface area contributed by atoms with Gasteiger partial charge in [0.25, 0.3) is 5.91 Å². The Labute approximate surface area is 224 Å². The summed E-state index contributed by atoms with van der Waals surface area (Å²) in [6, 6.07) is 23.8. The molecule has 7 heteroatoms. The first kappa shape index (κ1) is 24.0. The van der Waals surface area contributed by atoms with E-state index in [1.54, 1.807) is 28.8 Å². The first-order chi connectivity index (χ1) is 18.0. The van der Waals surface area contributed by atoms with E-state index in [-0.39, 0.29) is 11.9 Å². The van der Waals surface area contributed by atoms with Crippen molar-refractivity contribution in [3.05, 3.63) is 111 Å². The summed E-state index contributed by atoms with van der Waals surface area (Å²) in [4.78, 5) is 29.4. The molecule has 0 N–H and O–H groups in total. The van der Waals surface area contributed by atoms with Crippen LogP contribution in [-0.2, 0) is 16.0 Å². The number of nitrogens with zero attached hydrogens (tertiary/aromatic N) is 2. The van der Waals surface area contributed by atoms with Gasteiger partial charge >= 0.3 is 5.97 Å². The van der Waals surface area contributed by atoms with Gasteiger partial charge in [0.05, 0.1) is 24.4 Å². The molecule has 4 aromatic rings. The van der Waals surface area contributed by atoms with Crippen LogP contribution in [0.1, 0.15) is 39.6 Å². The molecule has 0 radical (unpaired) electrons. The number of carbonyl (C=O) groups is 2. The van der Waals surface area contributed by atoms with Gasteiger partial charge in [-0.2, -0.15) is 0 Å². The Morgan fingerprint density at radius 3 is 2.35 bits per heavy atom. The van der Waals surface area contributed by atoms with E-state index in [0.29, 0.717) is 30.0 Å². The summed E-state index contributed by atoms with van der Waals surface area (Å²) >= 11 is 13.1. The lowest BCUT2D eigenvalue weighted by Gasteiger charge is -2.45. The fourth-order valence-electron chi connectivity index (χ4n) is 5.80. The van der Waals surface area contributed by atoms with Crippen LogP contribution in [0.3, 0.4) is 0 Å². The molecule has 0 bridgehead atoms. The molecule has 0 spiro atoms. The molecule has 0 saturated heterocycles. The van der Waals surface area contributed by atoms with Crippen molar-refractivity contribution in [1.82, 2.24) is 9.47 Å². The summed E-state index contributed by atoms with van der Waals surface area (Å²) in [6.45, 7) is 0.579. The molecule has 0 fully saturated rings. The third-order valence-corrected chi connectivity index (χ3v) is 8.06. The first-order valence-electron chi connectivity index (χ1n) is 12.2. The van der Waals surface area contributed by atoms with Crippen LogP contribution in [0.4, 0.5) is 0 Å². The van der Waals surface area contributed by atoms with E-state index in [4.69, 9.17) is 27.9 Å². The quantitative estimate of drug-likeness (QED) is 0.284. The van der Waals surface area contributed by atoms with E-state index in [0.717, 1.165) is 38.3 Å². The molecule has 2 aliphatic heterocycles. The van der Waals surface area contributed by atoms with E-state index >= 15 is 0 Å².